The third-order valence-corrected chi connectivity index (χ3v) is 4.43. The van der Waals surface area contributed by atoms with Gasteiger partial charge in [0, 0.05) is 38.2 Å². The summed E-state index contributed by atoms with van der Waals surface area (Å²) in [4.78, 5) is 11.6. The second-order valence-electron chi connectivity index (χ2n) is 6.31. The van der Waals surface area contributed by atoms with E-state index >= 15 is 0 Å². The van der Waals surface area contributed by atoms with Gasteiger partial charge in [-0.25, -0.2) is 9.97 Å². The molecule has 2 N–H and O–H groups in total. The van der Waals surface area contributed by atoms with E-state index in [1.54, 1.807) is 0 Å². The lowest BCUT2D eigenvalue weighted by Gasteiger charge is -2.17. The highest BCUT2D eigenvalue weighted by molar-refractivity contribution is 5.49. The van der Waals surface area contributed by atoms with Gasteiger partial charge in [0.2, 0.25) is 0 Å². The number of hydrogen-bond donors (Lipinski definition) is 2. The normalized spacial score (nSPS) is 15.1. The number of aliphatic hydroxyl groups is 1. The maximum Gasteiger partial charge on any atom is 0.133 e. The van der Waals surface area contributed by atoms with Crippen molar-refractivity contribution in [2.45, 2.75) is 19.8 Å². The molecule has 0 saturated carbocycles. The van der Waals surface area contributed by atoms with Crippen molar-refractivity contribution >= 4 is 11.9 Å². The predicted molar refractivity (Wildman–Crippen MR) is 102 cm³/mol. The first kappa shape index (κ1) is 17.6. The fourth-order valence-corrected chi connectivity index (χ4v) is 3.17. The van der Waals surface area contributed by atoms with Crippen LogP contribution in [-0.4, -0.2) is 52.8 Å². The number of aliphatic hydroxyl groups excluding tert-OH is 1. The zero-order valence-corrected chi connectivity index (χ0v) is 14.8. The molecule has 5 nitrogen and oxygen atoms in total. The van der Waals surface area contributed by atoms with Crippen LogP contribution in [0.1, 0.15) is 22.6 Å². The number of benzene rings is 1. The molecule has 0 saturated heterocycles. The van der Waals surface area contributed by atoms with Crippen LogP contribution in [0.5, 0.6) is 0 Å². The number of aromatic nitrogens is 2. The van der Waals surface area contributed by atoms with Gasteiger partial charge in [0.1, 0.15) is 11.6 Å². The van der Waals surface area contributed by atoms with E-state index in [1.165, 1.54) is 11.1 Å². The van der Waals surface area contributed by atoms with Crippen molar-refractivity contribution in [3.05, 3.63) is 59.1 Å². The maximum absolute atomic E-state index is 9.07. The number of nitrogens with one attached hydrogen (secondary N) is 1. The van der Waals surface area contributed by atoms with E-state index in [4.69, 9.17) is 5.11 Å². The molecule has 0 amide bonds. The first-order valence-corrected chi connectivity index (χ1v) is 8.91. The molecule has 1 aromatic carbocycles. The molecule has 0 spiro atoms. The molecule has 0 fully saturated rings. The second-order valence-corrected chi connectivity index (χ2v) is 6.31. The van der Waals surface area contributed by atoms with Crippen LogP contribution in [0.2, 0.25) is 0 Å². The lowest BCUT2D eigenvalue weighted by atomic mass is 10.1. The molecule has 5 heteroatoms. The van der Waals surface area contributed by atoms with Crippen LogP contribution in [0.3, 0.4) is 0 Å². The minimum atomic E-state index is 0.105. The Labute approximate surface area is 149 Å². The Morgan fingerprint density at radius 3 is 2.76 bits per heavy atom. The Hall–Kier alpha value is -2.24. The van der Waals surface area contributed by atoms with Crippen molar-refractivity contribution in [1.82, 2.24) is 14.9 Å². The van der Waals surface area contributed by atoms with Gasteiger partial charge in [-0.05, 0) is 18.9 Å². The molecule has 2 heterocycles. The molecule has 0 atom stereocenters. The van der Waals surface area contributed by atoms with Crippen LogP contribution in [0.4, 0.5) is 5.82 Å². The Bertz CT molecular complexity index is 715. The summed E-state index contributed by atoms with van der Waals surface area (Å²) in [6, 6.07) is 10.4. The molecular weight excluding hydrogens is 312 g/mol. The molecule has 3 rings (SSSR count). The lowest BCUT2D eigenvalue weighted by Crippen LogP contribution is -2.26. The zero-order valence-electron chi connectivity index (χ0n) is 14.8. The second kappa shape index (κ2) is 8.74. The monoisotopic (exact) mass is 338 g/mol. The molecule has 25 heavy (non-hydrogen) atoms. The van der Waals surface area contributed by atoms with E-state index in [0.29, 0.717) is 6.54 Å². The zero-order chi connectivity index (χ0) is 17.5. The first-order valence-electron chi connectivity index (χ1n) is 8.91. The highest BCUT2D eigenvalue weighted by atomic mass is 16.3. The number of aryl methyl sites for hydroxylation is 1. The van der Waals surface area contributed by atoms with Gasteiger partial charge in [0.05, 0.1) is 12.3 Å². The van der Waals surface area contributed by atoms with Gasteiger partial charge in [-0.2, -0.15) is 0 Å². The van der Waals surface area contributed by atoms with E-state index in [0.717, 1.165) is 49.8 Å². The molecule has 0 unspecified atom stereocenters. The summed E-state index contributed by atoms with van der Waals surface area (Å²) >= 11 is 0. The van der Waals surface area contributed by atoms with Crippen LogP contribution in [0.15, 0.2) is 36.4 Å². The smallest absolute Gasteiger partial charge is 0.133 e. The summed E-state index contributed by atoms with van der Waals surface area (Å²) in [6.45, 7) is 5.49. The van der Waals surface area contributed by atoms with Crippen molar-refractivity contribution in [3.8, 4) is 0 Å². The first-order chi connectivity index (χ1) is 12.3. The quantitative estimate of drug-likeness (QED) is 0.846. The van der Waals surface area contributed by atoms with Gasteiger partial charge >= 0.3 is 0 Å². The molecular formula is C20H26N4O. The Morgan fingerprint density at radius 2 is 1.96 bits per heavy atom. The van der Waals surface area contributed by atoms with Crippen LogP contribution in [0.25, 0.3) is 6.08 Å². The Balaban J connectivity index is 1.64. The Kier molecular flexibility index (Phi) is 6.14. The lowest BCUT2D eigenvalue weighted by molar-refractivity contribution is 0.310. The van der Waals surface area contributed by atoms with Crippen molar-refractivity contribution in [3.63, 3.8) is 0 Å². The minimum absolute atomic E-state index is 0.105. The fraction of sp³-hybridized carbons (Fsp3) is 0.400. The van der Waals surface area contributed by atoms with Gasteiger partial charge in [-0.15, -0.1) is 0 Å². The van der Waals surface area contributed by atoms with E-state index in [9.17, 15) is 0 Å². The van der Waals surface area contributed by atoms with Gasteiger partial charge in [-0.3, -0.25) is 4.90 Å². The third-order valence-electron chi connectivity index (χ3n) is 4.43. The highest BCUT2D eigenvalue weighted by Gasteiger charge is 2.18. The molecule has 0 bridgehead atoms. The van der Waals surface area contributed by atoms with Gasteiger partial charge in [0.15, 0.2) is 0 Å². The molecule has 1 aliphatic rings. The molecule has 2 aromatic rings. The maximum atomic E-state index is 9.07. The summed E-state index contributed by atoms with van der Waals surface area (Å²) in [7, 11) is 0. The molecule has 132 valence electrons. The van der Waals surface area contributed by atoms with Gasteiger partial charge in [-0.1, -0.05) is 42.5 Å². The van der Waals surface area contributed by atoms with Crippen molar-refractivity contribution in [2.24, 2.45) is 0 Å². The Morgan fingerprint density at radius 1 is 1.16 bits per heavy atom. The van der Waals surface area contributed by atoms with Gasteiger partial charge < -0.3 is 10.4 Å². The largest absolute Gasteiger partial charge is 0.395 e. The van der Waals surface area contributed by atoms with Crippen molar-refractivity contribution in [2.75, 3.05) is 38.1 Å². The summed E-state index contributed by atoms with van der Waals surface area (Å²) in [5, 5.41) is 12.3. The highest BCUT2D eigenvalue weighted by Crippen LogP contribution is 2.21. The molecule has 0 aliphatic carbocycles. The predicted octanol–water partition coefficient (Wildman–Crippen LogP) is 2.30. The van der Waals surface area contributed by atoms with Crippen LogP contribution >= 0.6 is 0 Å². The van der Waals surface area contributed by atoms with Crippen LogP contribution in [-0.2, 0) is 12.8 Å². The summed E-state index contributed by atoms with van der Waals surface area (Å²) in [5.41, 5.74) is 3.58. The standard InChI is InChI=1S/C20H26N4O/c1-16-22-19-10-14-24(12-5-8-17-6-3-2-4-7-17)13-9-18(19)20(23-16)21-11-15-25/h2-8,25H,9-15H2,1H3,(H,21,22,23)/b8-5+. The number of nitrogens with zero attached hydrogens (tertiary/aromatic N) is 3. The third kappa shape index (κ3) is 4.87. The van der Waals surface area contributed by atoms with E-state index in [2.05, 4.69) is 56.6 Å². The SMILES string of the molecule is Cc1nc2c(c(NCCO)n1)CCN(C/C=C/c1ccccc1)CC2. The summed E-state index contributed by atoms with van der Waals surface area (Å²) < 4.78 is 0. The fourth-order valence-electron chi connectivity index (χ4n) is 3.17. The van der Waals surface area contributed by atoms with E-state index < -0.39 is 0 Å². The molecule has 0 radical (unpaired) electrons. The minimum Gasteiger partial charge on any atom is -0.395 e. The van der Waals surface area contributed by atoms with Crippen LogP contribution in [0, 0.1) is 6.92 Å². The van der Waals surface area contributed by atoms with Crippen molar-refractivity contribution in [1.29, 1.82) is 0 Å². The summed E-state index contributed by atoms with van der Waals surface area (Å²) in [5.74, 6) is 1.68. The average Bonchev–Trinajstić information content (AvgIpc) is 2.83. The van der Waals surface area contributed by atoms with E-state index in [-0.39, 0.29) is 6.61 Å². The average molecular weight is 338 g/mol. The van der Waals surface area contributed by atoms with E-state index in [1.807, 2.05) is 13.0 Å². The number of anilines is 1. The van der Waals surface area contributed by atoms with Crippen LogP contribution < -0.4 is 5.32 Å². The summed E-state index contributed by atoms with van der Waals surface area (Å²) in [6.07, 6.45) is 6.28. The molecule has 1 aliphatic heterocycles. The number of hydrogen-bond acceptors (Lipinski definition) is 5. The van der Waals surface area contributed by atoms with Gasteiger partial charge in [0.25, 0.3) is 0 Å². The topological polar surface area (TPSA) is 61.3 Å². The molecule has 1 aromatic heterocycles. The van der Waals surface area contributed by atoms with Crippen molar-refractivity contribution < 1.29 is 5.11 Å². The number of fused-ring (bicyclic) bond motifs is 1. The number of rotatable bonds is 6.